The minimum absolute atomic E-state index is 0.00401. The van der Waals surface area contributed by atoms with Gasteiger partial charge < -0.3 is 14.0 Å². The Morgan fingerprint density at radius 1 is 1.14 bits per heavy atom. The Kier molecular flexibility index (Phi) is 3.67. The number of ether oxygens (including phenoxy) is 1. The number of benzene rings is 2. The maximum absolute atomic E-state index is 10.7. The molecule has 0 fully saturated rings. The zero-order valence-corrected chi connectivity index (χ0v) is 12.3. The smallest absolute Gasteiger partial charge is 0.446 e. The highest BCUT2D eigenvalue weighted by molar-refractivity contribution is 7.81. The first-order valence-electron chi connectivity index (χ1n) is 6.62. The van der Waals surface area contributed by atoms with Crippen LogP contribution in [0.15, 0.2) is 42.5 Å². The number of phenols is 1. The van der Waals surface area contributed by atoms with Crippen molar-refractivity contribution in [1.82, 2.24) is 0 Å². The summed E-state index contributed by atoms with van der Waals surface area (Å²) in [6, 6.07) is 11.6. The van der Waals surface area contributed by atoms with Crippen molar-refractivity contribution in [3.8, 4) is 17.2 Å². The summed E-state index contributed by atoms with van der Waals surface area (Å²) < 4.78 is 40.2. The second kappa shape index (κ2) is 5.51. The van der Waals surface area contributed by atoms with Gasteiger partial charge in [0.2, 0.25) is 0 Å². The first-order valence-corrected chi connectivity index (χ1v) is 7.99. The van der Waals surface area contributed by atoms with E-state index in [2.05, 4.69) is 4.18 Å². The molecule has 3 rings (SSSR count). The molecule has 0 radical (unpaired) electrons. The highest BCUT2D eigenvalue weighted by Gasteiger charge is 2.22. The highest BCUT2D eigenvalue weighted by Crippen LogP contribution is 2.35. The maximum Gasteiger partial charge on any atom is 0.446 e. The third-order valence-electron chi connectivity index (χ3n) is 3.51. The molecule has 1 heterocycles. The molecule has 2 N–H and O–H groups in total. The van der Waals surface area contributed by atoms with Crippen molar-refractivity contribution < 1.29 is 27.0 Å². The second-order valence-corrected chi connectivity index (χ2v) is 6.11. The summed E-state index contributed by atoms with van der Waals surface area (Å²) in [6.45, 7) is 0.438. The Labute approximate surface area is 127 Å². The van der Waals surface area contributed by atoms with Crippen LogP contribution in [0, 0.1) is 0 Å². The predicted molar refractivity (Wildman–Crippen MR) is 78.7 cm³/mol. The fraction of sp³-hybridized carbons (Fsp3) is 0.200. The van der Waals surface area contributed by atoms with E-state index in [9.17, 15) is 13.5 Å². The van der Waals surface area contributed by atoms with Gasteiger partial charge in [-0.2, -0.15) is 8.42 Å². The molecule has 0 bridgehead atoms. The lowest BCUT2D eigenvalue weighted by Crippen LogP contribution is -2.19. The summed E-state index contributed by atoms with van der Waals surface area (Å²) >= 11 is 0. The van der Waals surface area contributed by atoms with Gasteiger partial charge in [-0.1, -0.05) is 18.2 Å². The summed E-state index contributed by atoms with van der Waals surface area (Å²) in [5, 5.41) is 9.32. The third kappa shape index (κ3) is 3.32. The van der Waals surface area contributed by atoms with E-state index >= 15 is 0 Å². The maximum atomic E-state index is 10.7. The SMILES string of the molecule is O=S(=O)(O)Oc1ccc2c(c1)OC[C@H](c1ccc(O)cc1)C2. The summed E-state index contributed by atoms with van der Waals surface area (Å²) in [5.74, 6) is 0.912. The molecule has 2 aromatic rings. The van der Waals surface area contributed by atoms with E-state index in [4.69, 9.17) is 9.29 Å². The first-order chi connectivity index (χ1) is 10.4. The number of phenolic OH excluding ortho intramolecular Hbond substituents is 1. The number of fused-ring (bicyclic) bond motifs is 1. The summed E-state index contributed by atoms with van der Waals surface area (Å²) in [6.07, 6.45) is 0.728. The molecule has 6 nitrogen and oxygen atoms in total. The molecule has 1 aliphatic rings. The van der Waals surface area contributed by atoms with Crippen LogP contribution in [-0.4, -0.2) is 24.7 Å². The Morgan fingerprint density at radius 3 is 2.55 bits per heavy atom. The van der Waals surface area contributed by atoms with Gasteiger partial charge in [-0.3, -0.25) is 4.55 Å². The van der Waals surface area contributed by atoms with Crippen LogP contribution >= 0.6 is 0 Å². The van der Waals surface area contributed by atoms with Gasteiger partial charge in [0.25, 0.3) is 0 Å². The van der Waals surface area contributed by atoms with Crippen LogP contribution in [0.3, 0.4) is 0 Å². The van der Waals surface area contributed by atoms with Crippen LogP contribution in [0.25, 0.3) is 0 Å². The molecule has 2 aromatic carbocycles. The number of hydrogen-bond donors (Lipinski definition) is 2. The Bertz CT molecular complexity index is 782. The first kappa shape index (κ1) is 14.7. The van der Waals surface area contributed by atoms with Crippen LogP contribution in [0.2, 0.25) is 0 Å². The van der Waals surface area contributed by atoms with Crippen LogP contribution in [0.5, 0.6) is 17.2 Å². The van der Waals surface area contributed by atoms with Gasteiger partial charge in [-0.25, -0.2) is 0 Å². The van der Waals surface area contributed by atoms with E-state index in [0.717, 1.165) is 17.5 Å². The second-order valence-electron chi connectivity index (χ2n) is 5.08. The summed E-state index contributed by atoms with van der Waals surface area (Å²) in [5.41, 5.74) is 1.98. The normalized spacial score (nSPS) is 17.4. The van der Waals surface area contributed by atoms with Crippen molar-refractivity contribution in [2.45, 2.75) is 12.3 Å². The molecule has 0 unspecified atom stereocenters. The van der Waals surface area contributed by atoms with Gasteiger partial charge in [0.1, 0.15) is 17.2 Å². The fourth-order valence-corrected chi connectivity index (χ4v) is 2.83. The molecular weight excluding hydrogens is 308 g/mol. The van der Waals surface area contributed by atoms with Gasteiger partial charge in [-0.15, -0.1) is 0 Å². The topological polar surface area (TPSA) is 93.1 Å². The molecule has 0 aromatic heterocycles. The van der Waals surface area contributed by atoms with Crippen molar-refractivity contribution in [3.05, 3.63) is 53.6 Å². The van der Waals surface area contributed by atoms with Gasteiger partial charge in [-0.05, 0) is 35.7 Å². The molecule has 22 heavy (non-hydrogen) atoms. The van der Waals surface area contributed by atoms with E-state index in [1.54, 1.807) is 18.2 Å². The lowest BCUT2D eigenvalue weighted by Gasteiger charge is -2.26. The van der Waals surface area contributed by atoms with Crippen LogP contribution < -0.4 is 8.92 Å². The third-order valence-corrected chi connectivity index (χ3v) is 3.91. The minimum atomic E-state index is -4.54. The number of aromatic hydroxyl groups is 1. The monoisotopic (exact) mass is 322 g/mol. The zero-order valence-electron chi connectivity index (χ0n) is 11.5. The Balaban J connectivity index is 1.80. The molecule has 0 aliphatic carbocycles. The molecule has 7 heteroatoms. The molecule has 0 amide bonds. The zero-order chi connectivity index (χ0) is 15.7. The Hall–Kier alpha value is -2.25. The van der Waals surface area contributed by atoms with Crippen molar-refractivity contribution in [1.29, 1.82) is 0 Å². The van der Waals surface area contributed by atoms with Gasteiger partial charge in [0, 0.05) is 12.0 Å². The largest absolute Gasteiger partial charge is 0.508 e. The van der Waals surface area contributed by atoms with Crippen molar-refractivity contribution in [2.75, 3.05) is 6.61 Å². The predicted octanol–water partition coefficient (Wildman–Crippen LogP) is 2.29. The van der Waals surface area contributed by atoms with E-state index < -0.39 is 10.4 Å². The average Bonchev–Trinajstić information content (AvgIpc) is 2.46. The standard InChI is InChI=1S/C15H14O6S/c16-13-4-1-10(2-5-13)12-7-11-3-6-14(21-22(17,18)19)8-15(11)20-9-12/h1-6,8,12,16H,7,9H2,(H,17,18,19)/t12-/m1/s1. The minimum Gasteiger partial charge on any atom is -0.508 e. The number of hydrogen-bond acceptors (Lipinski definition) is 5. The molecule has 116 valence electrons. The summed E-state index contributed by atoms with van der Waals surface area (Å²) in [7, 11) is -4.54. The molecular formula is C15H14O6S. The van der Waals surface area contributed by atoms with E-state index in [1.807, 2.05) is 12.1 Å². The van der Waals surface area contributed by atoms with Gasteiger partial charge in [0.15, 0.2) is 0 Å². The average molecular weight is 322 g/mol. The van der Waals surface area contributed by atoms with Crippen molar-refractivity contribution in [2.24, 2.45) is 0 Å². The molecule has 1 aliphatic heterocycles. The summed E-state index contributed by atoms with van der Waals surface area (Å²) in [4.78, 5) is 0. The molecule has 0 saturated carbocycles. The van der Waals surface area contributed by atoms with E-state index in [0.29, 0.717) is 12.4 Å². The van der Waals surface area contributed by atoms with Crippen molar-refractivity contribution in [3.63, 3.8) is 0 Å². The quantitative estimate of drug-likeness (QED) is 0.842. The fourth-order valence-electron chi connectivity index (χ4n) is 2.49. The van der Waals surface area contributed by atoms with E-state index in [-0.39, 0.29) is 17.4 Å². The van der Waals surface area contributed by atoms with Gasteiger partial charge >= 0.3 is 10.4 Å². The highest BCUT2D eigenvalue weighted by atomic mass is 32.3. The lowest BCUT2D eigenvalue weighted by molar-refractivity contribution is 0.261. The Morgan fingerprint density at radius 2 is 1.86 bits per heavy atom. The van der Waals surface area contributed by atoms with Crippen LogP contribution in [0.1, 0.15) is 17.0 Å². The van der Waals surface area contributed by atoms with E-state index in [1.165, 1.54) is 12.1 Å². The molecule has 0 saturated heterocycles. The lowest BCUT2D eigenvalue weighted by atomic mass is 9.90. The molecule has 0 spiro atoms. The van der Waals surface area contributed by atoms with Crippen molar-refractivity contribution >= 4 is 10.4 Å². The van der Waals surface area contributed by atoms with Crippen LogP contribution in [0.4, 0.5) is 0 Å². The van der Waals surface area contributed by atoms with Gasteiger partial charge in [0.05, 0.1) is 6.61 Å². The molecule has 1 atom stereocenters. The van der Waals surface area contributed by atoms with Crippen LogP contribution in [-0.2, 0) is 16.8 Å². The number of rotatable bonds is 3.